The Morgan fingerprint density at radius 3 is 2.73 bits per heavy atom. The van der Waals surface area contributed by atoms with E-state index in [1.54, 1.807) is 54.5 Å². The Hall–Kier alpha value is -4.14. The molecule has 33 heavy (non-hydrogen) atoms. The van der Waals surface area contributed by atoms with Gasteiger partial charge in [0.15, 0.2) is 0 Å². The van der Waals surface area contributed by atoms with Crippen molar-refractivity contribution in [1.82, 2.24) is 19.7 Å². The molecule has 0 fully saturated rings. The monoisotopic (exact) mass is 446 g/mol. The normalized spacial score (nSPS) is 12.6. The second kappa shape index (κ2) is 8.42. The highest BCUT2D eigenvalue weighted by molar-refractivity contribution is 5.97. The van der Waals surface area contributed by atoms with Crippen molar-refractivity contribution in [3.05, 3.63) is 83.7 Å². The van der Waals surface area contributed by atoms with Crippen LogP contribution in [0.15, 0.2) is 60.9 Å². The second-order valence-electron chi connectivity index (χ2n) is 7.76. The number of nitrogens with one attached hydrogen (secondary N) is 1. The lowest BCUT2D eigenvalue weighted by molar-refractivity contribution is -0.118. The Kier molecular flexibility index (Phi) is 5.29. The summed E-state index contributed by atoms with van der Waals surface area (Å²) in [5.41, 5.74) is 2.40. The summed E-state index contributed by atoms with van der Waals surface area (Å²) >= 11 is 0. The third-order valence-electron chi connectivity index (χ3n) is 5.63. The van der Waals surface area contributed by atoms with Gasteiger partial charge in [0.1, 0.15) is 17.5 Å². The fourth-order valence-corrected chi connectivity index (χ4v) is 3.98. The number of hydrogen-bond acceptors (Lipinski definition) is 5. The van der Waals surface area contributed by atoms with E-state index in [1.807, 2.05) is 6.07 Å². The van der Waals surface area contributed by atoms with Crippen molar-refractivity contribution >= 4 is 23.4 Å². The Bertz CT molecular complexity index is 1350. The van der Waals surface area contributed by atoms with Gasteiger partial charge in [-0.2, -0.15) is 5.10 Å². The van der Waals surface area contributed by atoms with E-state index < -0.39 is 11.6 Å². The van der Waals surface area contributed by atoms with Gasteiger partial charge < -0.3 is 10.2 Å². The lowest BCUT2D eigenvalue weighted by Crippen LogP contribution is -2.31. The number of carbonyl (C=O) groups excluding carboxylic acids is 1. The van der Waals surface area contributed by atoms with E-state index in [2.05, 4.69) is 20.4 Å². The van der Waals surface area contributed by atoms with Crippen LogP contribution in [0.1, 0.15) is 11.1 Å². The van der Waals surface area contributed by atoms with E-state index in [1.165, 1.54) is 17.0 Å². The first-order valence-corrected chi connectivity index (χ1v) is 10.4. The highest BCUT2D eigenvalue weighted by Crippen LogP contribution is 2.35. The summed E-state index contributed by atoms with van der Waals surface area (Å²) in [4.78, 5) is 22.9. The first-order chi connectivity index (χ1) is 16.0. The third kappa shape index (κ3) is 4.05. The average Bonchev–Trinajstić information content (AvgIpc) is 3.42. The predicted octanol–water partition coefficient (Wildman–Crippen LogP) is 4.03. The number of aryl methyl sites for hydroxylation is 1. The first kappa shape index (κ1) is 20.7. The molecule has 0 spiro atoms. The van der Waals surface area contributed by atoms with Gasteiger partial charge in [-0.05, 0) is 41.8 Å². The minimum atomic E-state index is -0.512. The van der Waals surface area contributed by atoms with Crippen LogP contribution < -0.4 is 10.2 Å². The van der Waals surface area contributed by atoms with Crippen LogP contribution >= 0.6 is 0 Å². The molecule has 166 valence electrons. The van der Waals surface area contributed by atoms with Crippen molar-refractivity contribution in [2.75, 3.05) is 16.8 Å². The molecule has 0 unspecified atom stereocenters. The summed E-state index contributed by atoms with van der Waals surface area (Å²) in [5.74, 6) is -0.216. The van der Waals surface area contributed by atoms with Crippen LogP contribution in [-0.2, 0) is 24.7 Å². The van der Waals surface area contributed by atoms with Crippen LogP contribution in [-0.4, -0.2) is 32.2 Å². The van der Waals surface area contributed by atoms with Crippen molar-refractivity contribution in [3.63, 3.8) is 0 Å². The number of amides is 1. The number of rotatable bonds is 5. The highest BCUT2D eigenvalue weighted by Gasteiger charge is 2.29. The minimum absolute atomic E-state index is 0.123. The number of carbonyl (C=O) groups is 1. The van der Waals surface area contributed by atoms with Crippen molar-refractivity contribution in [1.29, 1.82) is 0 Å². The summed E-state index contributed by atoms with van der Waals surface area (Å²) in [7, 11) is 1.79. The average molecular weight is 446 g/mol. The maximum Gasteiger partial charge on any atom is 0.231 e. The topological polar surface area (TPSA) is 75.9 Å². The van der Waals surface area contributed by atoms with E-state index in [9.17, 15) is 9.18 Å². The number of aromatic nitrogens is 4. The lowest BCUT2D eigenvalue weighted by atomic mass is 10.0. The molecule has 0 saturated carbocycles. The largest absolute Gasteiger partial charge is 0.309 e. The number of halogens is 2. The number of hydrogen-bond donors (Lipinski definition) is 1. The first-order valence-electron chi connectivity index (χ1n) is 10.4. The SMILES string of the molecule is Cn1nccc1Nc1nccc(-c2cc(F)c3c(c2)CCN3C(=O)Cc2ccccc2F)n1. The molecule has 2 aromatic heterocycles. The number of fused-ring (bicyclic) bond motifs is 1. The highest BCUT2D eigenvalue weighted by atomic mass is 19.1. The Balaban J connectivity index is 1.40. The van der Waals surface area contributed by atoms with Crippen LogP contribution in [0, 0.1) is 11.6 Å². The third-order valence-corrected chi connectivity index (χ3v) is 5.63. The van der Waals surface area contributed by atoms with Gasteiger partial charge in [0.2, 0.25) is 11.9 Å². The Morgan fingerprint density at radius 2 is 1.94 bits per heavy atom. The van der Waals surface area contributed by atoms with Gasteiger partial charge in [-0.15, -0.1) is 0 Å². The van der Waals surface area contributed by atoms with E-state index in [4.69, 9.17) is 0 Å². The van der Waals surface area contributed by atoms with Crippen LogP contribution in [0.4, 0.5) is 26.2 Å². The molecular formula is C24H20F2N6O. The molecule has 4 aromatic rings. The molecule has 5 rings (SSSR count). The molecule has 3 heterocycles. The van der Waals surface area contributed by atoms with Crippen molar-refractivity contribution in [2.45, 2.75) is 12.8 Å². The van der Waals surface area contributed by atoms with Crippen LogP contribution in [0.3, 0.4) is 0 Å². The fourth-order valence-electron chi connectivity index (χ4n) is 3.98. The maximum absolute atomic E-state index is 15.2. The molecule has 1 aliphatic rings. The summed E-state index contributed by atoms with van der Waals surface area (Å²) < 4.78 is 30.8. The molecule has 0 atom stereocenters. The number of nitrogens with zero attached hydrogens (tertiary/aromatic N) is 5. The molecule has 0 radical (unpaired) electrons. The molecule has 1 amide bonds. The van der Waals surface area contributed by atoms with E-state index in [0.717, 1.165) is 5.82 Å². The van der Waals surface area contributed by atoms with Crippen molar-refractivity contribution in [3.8, 4) is 11.3 Å². The van der Waals surface area contributed by atoms with Gasteiger partial charge in [0.25, 0.3) is 0 Å². The molecule has 0 bridgehead atoms. The minimum Gasteiger partial charge on any atom is -0.309 e. The van der Waals surface area contributed by atoms with E-state index >= 15 is 4.39 Å². The summed E-state index contributed by atoms with van der Waals surface area (Å²) in [6.45, 7) is 0.347. The maximum atomic E-state index is 15.2. The molecule has 1 aliphatic heterocycles. The van der Waals surface area contributed by atoms with Crippen molar-refractivity contribution in [2.24, 2.45) is 7.05 Å². The summed E-state index contributed by atoms with van der Waals surface area (Å²) in [6.07, 6.45) is 3.63. The van der Waals surface area contributed by atoms with Crippen molar-refractivity contribution < 1.29 is 13.6 Å². The Labute approximate surface area is 188 Å². The molecule has 7 nitrogen and oxygen atoms in total. The van der Waals surface area contributed by atoms with Gasteiger partial charge in [0.05, 0.1) is 24.0 Å². The number of anilines is 3. The molecule has 2 aromatic carbocycles. The molecule has 0 aliphatic carbocycles. The van der Waals surface area contributed by atoms with Gasteiger partial charge in [-0.25, -0.2) is 18.7 Å². The lowest BCUT2D eigenvalue weighted by Gasteiger charge is -2.18. The van der Waals surface area contributed by atoms with Crippen LogP contribution in [0.5, 0.6) is 0 Å². The van der Waals surface area contributed by atoms with E-state index in [0.29, 0.717) is 41.3 Å². The Morgan fingerprint density at radius 1 is 1.09 bits per heavy atom. The smallest absolute Gasteiger partial charge is 0.231 e. The zero-order valence-electron chi connectivity index (χ0n) is 17.8. The zero-order valence-corrected chi connectivity index (χ0v) is 17.8. The predicted molar refractivity (Wildman–Crippen MR) is 120 cm³/mol. The fraction of sp³-hybridized carbons (Fsp3) is 0.167. The molecule has 9 heteroatoms. The van der Waals surface area contributed by atoms with Gasteiger partial charge in [-0.3, -0.25) is 9.48 Å². The molecule has 0 saturated heterocycles. The van der Waals surface area contributed by atoms with Crippen LogP contribution in [0.25, 0.3) is 11.3 Å². The van der Waals surface area contributed by atoms with Crippen LogP contribution in [0.2, 0.25) is 0 Å². The number of benzene rings is 2. The summed E-state index contributed by atoms with van der Waals surface area (Å²) in [5, 5.41) is 7.17. The quantitative estimate of drug-likeness (QED) is 0.501. The van der Waals surface area contributed by atoms with Gasteiger partial charge >= 0.3 is 0 Å². The second-order valence-corrected chi connectivity index (χ2v) is 7.76. The van der Waals surface area contributed by atoms with Gasteiger partial charge in [-0.1, -0.05) is 18.2 Å². The molecule has 1 N–H and O–H groups in total. The standard InChI is InChI=1S/C24H20F2N6O/c1-31-21(7-10-28-31)30-24-27-9-6-20(29-24)17-12-16-8-11-32(23(16)19(26)13-17)22(33)14-15-4-2-3-5-18(15)25/h2-7,9-10,12-13H,8,11,14H2,1H3,(H,27,29,30). The van der Waals surface area contributed by atoms with Gasteiger partial charge in [0, 0.05) is 31.4 Å². The van der Waals surface area contributed by atoms with E-state index in [-0.39, 0.29) is 18.0 Å². The summed E-state index contributed by atoms with van der Waals surface area (Å²) in [6, 6.07) is 12.8. The zero-order chi connectivity index (χ0) is 22.9. The molecular weight excluding hydrogens is 426 g/mol.